The monoisotopic (exact) mass is 337 g/mol. The summed E-state index contributed by atoms with van der Waals surface area (Å²) < 4.78 is 16.6. The van der Waals surface area contributed by atoms with Gasteiger partial charge in [-0.25, -0.2) is 0 Å². The Morgan fingerprint density at radius 3 is 2.76 bits per heavy atom. The lowest BCUT2D eigenvalue weighted by Gasteiger charge is -2.19. The predicted molar refractivity (Wildman–Crippen MR) is 95.4 cm³/mol. The van der Waals surface area contributed by atoms with Gasteiger partial charge in [0.05, 0.1) is 12.7 Å². The van der Waals surface area contributed by atoms with E-state index >= 15 is 0 Å². The SMILES string of the molecule is CCc1ccc2c(CC(=O)Nc3ccc4c(c3)OCCO4)coc2c1. The molecule has 1 amide bonds. The second kappa shape index (κ2) is 6.51. The maximum atomic E-state index is 12.4. The quantitative estimate of drug-likeness (QED) is 0.783. The van der Waals surface area contributed by atoms with E-state index in [1.807, 2.05) is 24.3 Å². The molecule has 2 aromatic carbocycles. The summed E-state index contributed by atoms with van der Waals surface area (Å²) >= 11 is 0. The maximum Gasteiger partial charge on any atom is 0.228 e. The highest BCUT2D eigenvalue weighted by molar-refractivity contribution is 5.95. The zero-order chi connectivity index (χ0) is 17.2. The Morgan fingerprint density at radius 2 is 1.92 bits per heavy atom. The van der Waals surface area contributed by atoms with E-state index in [2.05, 4.69) is 18.3 Å². The zero-order valence-corrected chi connectivity index (χ0v) is 14.0. The molecule has 1 aromatic heterocycles. The van der Waals surface area contributed by atoms with Crippen LogP contribution in [0.25, 0.3) is 11.0 Å². The second-order valence-corrected chi connectivity index (χ2v) is 6.03. The van der Waals surface area contributed by atoms with Gasteiger partial charge in [-0.05, 0) is 30.2 Å². The van der Waals surface area contributed by atoms with Crippen LogP contribution in [0.15, 0.2) is 47.1 Å². The van der Waals surface area contributed by atoms with Gasteiger partial charge < -0.3 is 19.2 Å². The molecular weight excluding hydrogens is 318 g/mol. The molecule has 4 rings (SSSR count). The highest BCUT2D eigenvalue weighted by Crippen LogP contribution is 2.32. The molecule has 25 heavy (non-hydrogen) atoms. The molecule has 1 N–H and O–H groups in total. The van der Waals surface area contributed by atoms with Gasteiger partial charge in [0.15, 0.2) is 11.5 Å². The first-order valence-electron chi connectivity index (χ1n) is 8.41. The standard InChI is InChI=1S/C20H19NO4/c1-2-13-3-5-16-14(12-25-18(16)9-13)10-20(22)21-15-4-6-17-19(11-15)24-8-7-23-17/h3-6,9,11-12H,2,7-8,10H2,1H3,(H,21,22). The highest BCUT2D eigenvalue weighted by Gasteiger charge is 2.14. The average molecular weight is 337 g/mol. The summed E-state index contributed by atoms with van der Waals surface area (Å²) in [5.41, 5.74) is 3.61. The fraction of sp³-hybridized carbons (Fsp3) is 0.250. The minimum atomic E-state index is -0.0982. The first kappa shape index (κ1) is 15.6. The zero-order valence-electron chi connectivity index (χ0n) is 14.0. The summed E-state index contributed by atoms with van der Waals surface area (Å²) in [5, 5.41) is 3.88. The molecule has 5 heteroatoms. The van der Waals surface area contributed by atoms with Crippen molar-refractivity contribution >= 4 is 22.6 Å². The largest absolute Gasteiger partial charge is 0.486 e. The molecule has 1 aliphatic rings. The lowest BCUT2D eigenvalue weighted by molar-refractivity contribution is -0.115. The molecule has 5 nitrogen and oxygen atoms in total. The molecule has 0 radical (unpaired) electrons. The van der Waals surface area contributed by atoms with Crippen molar-refractivity contribution in [1.82, 2.24) is 0 Å². The molecule has 128 valence electrons. The van der Waals surface area contributed by atoms with Crippen molar-refractivity contribution in [2.24, 2.45) is 0 Å². The topological polar surface area (TPSA) is 60.7 Å². The number of amides is 1. The minimum absolute atomic E-state index is 0.0982. The van der Waals surface area contributed by atoms with Crippen molar-refractivity contribution in [2.45, 2.75) is 19.8 Å². The van der Waals surface area contributed by atoms with Crippen molar-refractivity contribution < 1.29 is 18.7 Å². The summed E-state index contributed by atoms with van der Waals surface area (Å²) in [7, 11) is 0. The Kier molecular flexibility index (Phi) is 4.06. The van der Waals surface area contributed by atoms with Crippen molar-refractivity contribution in [3.8, 4) is 11.5 Å². The van der Waals surface area contributed by atoms with Gasteiger partial charge in [0.2, 0.25) is 5.91 Å². The van der Waals surface area contributed by atoms with Crippen LogP contribution in [0.1, 0.15) is 18.1 Å². The molecule has 0 fully saturated rings. The van der Waals surface area contributed by atoms with E-state index in [4.69, 9.17) is 13.9 Å². The minimum Gasteiger partial charge on any atom is -0.486 e. The lowest BCUT2D eigenvalue weighted by Crippen LogP contribution is -2.17. The molecule has 0 bridgehead atoms. The number of hydrogen-bond acceptors (Lipinski definition) is 4. The molecule has 1 aliphatic heterocycles. The van der Waals surface area contributed by atoms with Gasteiger partial charge in [-0.1, -0.05) is 19.1 Å². The van der Waals surface area contributed by atoms with Gasteiger partial charge in [-0.15, -0.1) is 0 Å². The summed E-state index contributed by atoms with van der Waals surface area (Å²) in [6.45, 7) is 3.17. The van der Waals surface area contributed by atoms with Crippen LogP contribution in [0.3, 0.4) is 0 Å². The van der Waals surface area contributed by atoms with E-state index in [1.165, 1.54) is 5.56 Å². The third-order valence-electron chi connectivity index (χ3n) is 4.31. The third-order valence-corrected chi connectivity index (χ3v) is 4.31. The molecule has 3 aromatic rings. The van der Waals surface area contributed by atoms with Crippen LogP contribution in [0.5, 0.6) is 11.5 Å². The maximum absolute atomic E-state index is 12.4. The van der Waals surface area contributed by atoms with Crippen molar-refractivity contribution in [1.29, 1.82) is 0 Å². The first-order chi connectivity index (χ1) is 12.2. The van der Waals surface area contributed by atoms with Gasteiger partial charge >= 0.3 is 0 Å². The van der Waals surface area contributed by atoms with Crippen LogP contribution in [0.4, 0.5) is 5.69 Å². The summed E-state index contributed by atoms with van der Waals surface area (Å²) in [5.74, 6) is 1.26. The van der Waals surface area contributed by atoms with Crippen LogP contribution in [-0.4, -0.2) is 19.1 Å². The first-order valence-corrected chi connectivity index (χ1v) is 8.41. The summed E-state index contributed by atoms with van der Waals surface area (Å²) in [6, 6.07) is 11.5. The Hall–Kier alpha value is -2.95. The second-order valence-electron chi connectivity index (χ2n) is 6.03. The molecular formula is C20H19NO4. The van der Waals surface area contributed by atoms with E-state index in [0.29, 0.717) is 30.4 Å². The molecule has 0 saturated heterocycles. The van der Waals surface area contributed by atoms with E-state index in [9.17, 15) is 4.79 Å². The number of ether oxygens (including phenoxy) is 2. The highest BCUT2D eigenvalue weighted by atomic mass is 16.6. The summed E-state index contributed by atoms with van der Waals surface area (Å²) in [6.07, 6.45) is 2.87. The number of carbonyl (C=O) groups is 1. The smallest absolute Gasteiger partial charge is 0.228 e. The average Bonchev–Trinajstić information content (AvgIpc) is 3.03. The number of hydrogen-bond donors (Lipinski definition) is 1. The molecule has 2 heterocycles. The van der Waals surface area contributed by atoms with Crippen molar-refractivity contribution in [2.75, 3.05) is 18.5 Å². The van der Waals surface area contributed by atoms with Crippen LogP contribution in [0, 0.1) is 0 Å². The Balaban J connectivity index is 1.49. The van der Waals surface area contributed by atoms with Gasteiger partial charge in [0.1, 0.15) is 18.8 Å². The Labute approximate surface area is 145 Å². The Morgan fingerprint density at radius 1 is 1.08 bits per heavy atom. The molecule has 0 atom stereocenters. The van der Waals surface area contributed by atoms with Crippen molar-refractivity contribution in [3.63, 3.8) is 0 Å². The predicted octanol–water partition coefficient (Wildman–Crippen LogP) is 3.95. The molecule has 0 saturated carbocycles. The van der Waals surface area contributed by atoms with Crippen LogP contribution in [0.2, 0.25) is 0 Å². The number of rotatable bonds is 4. The third kappa shape index (κ3) is 3.18. The number of anilines is 1. The van der Waals surface area contributed by atoms with Gasteiger partial charge in [0, 0.05) is 22.7 Å². The van der Waals surface area contributed by atoms with E-state index < -0.39 is 0 Å². The van der Waals surface area contributed by atoms with Crippen LogP contribution < -0.4 is 14.8 Å². The summed E-state index contributed by atoms with van der Waals surface area (Å²) in [4.78, 5) is 12.4. The number of aryl methyl sites for hydroxylation is 1. The number of nitrogens with one attached hydrogen (secondary N) is 1. The normalized spacial score (nSPS) is 13.0. The van der Waals surface area contributed by atoms with E-state index in [0.717, 1.165) is 23.0 Å². The molecule has 0 spiro atoms. The number of fused-ring (bicyclic) bond motifs is 2. The lowest BCUT2D eigenvalue weighted by atomic mass is 10.1. The number of benzene rings is 2. The molecule has 0 unspecified atom stereocenters. The van der Waals surface area contributed by atoms with Gasteiger partial charge in [-0.3, -0.25) is 4.79 Å². The van der Waals surface area contributed by atoms with E-state index in [-0.39, 0.29) is 12.3 Å². The fourth-order valence-corrected chi connectivity index (χ4v) is 2.98. The fourth-order valence-electron chi connectivity index (χ4n) is 2.98. The number of furan rings is 1. The van der Waals surface area contributed by atoms with Crippen LogP contribution in [-0.2, 0) is 17.6 Å². The van der Waals surface area contributed by atoms with Crippen LogP contribution >= 0.6 is 0 Å². The number of carbonyl (C=O) groups excluding carboxylic acids is 1. The van der Waals surface area contributed by atoms with Crippen molar-refractivity contribution in [3.05, 3.63) is 53.8 Å². The van der Waals surface area contributed by atoms with Gasteiger partial charge in [-0.2, -0.15) is 0 Å². The molecule has 0 aliphatic carbocycles. The van der Waals surface area contributed by atoms with E-state index in [1.54, 1.807) is 12.3 Å². The van der Waals surface area contributed by atoms with Gasteiger partial charge in [0.25, 0.3) is 0 Å². The Bertz CT molecular complexity index is 929.